The monoisotopic (exact) mass is 435 g/mol. The lowest BCUT2D eigenvalue weighted by Gasteiger charge is -2.29. The molecule has 0 N–H and O–H groups in total. The number of halogens is 1. The number of rotatable bonds is 11. The number of hydrogen-bond acceptors (Lipinski definition) is 4. The van der Waals surface area contributed by atoms with Crippen LogP contribution < -0.4 is 0 Å². The number of esters is 1. The van der Waals surface area contributed by atoms with Gasteiger partial charge in [-0.3, -0.25) is 9.59 Å². The van der Waals surface area contributed by atoms with Crippen molar-refractivity contribution in [2.45, 2.75) is 76.7 Å². The minimum atomic E-state index is -0.243. The second-order valence-corrected chi connectivity index (χ2v) is 9.69. The Kier molecular flexibility index (Phi) is 8.61. The van der Waals surface area contributed by atoms with Crippen molar-refractivity contribution in [1.29, 1.82) is 0 Å². The molecule has 0 saturated heterocycles. The summed E-state index contributed by atoms with van der Waals surface area (Å²) < 4.78 is 20.1. The first-order valence-electron chi connectivity index (χ1n) is 11.4. The Balaban J connectivity index is 1.44. The molecule has 1 aromatic rings. The van der Waals surface area contributed by atoms with Crippen LogP contribution in [-0.2, 0) is 27.3 Å². The highest BCUT2D eigenvalue weighted by atomic mass is 32.2. The van der Waals surface area contributed by atoms with Crippen molar-refractivity contribution in [2.75, 3.05) is 18.9 Å². The van der Waals surface area contributed by atoms with E-state index in [-0.39, 0.29) is 23.6 Å². The maximum Gasteiger partial charge on any atom is 0.306 e. The van der Waals surface area contributed by atoms with Crippen LogP contribution in [0.3, 0.4) is 0 Å². The van der Waals surface area contributed by atoms with Crippen LogP contribution in [0.25, 0.3) is 0 Å². The van der Waals surface area contributed by atoms with Gasteiger partial charge in [-0.2, -0.15) is 0 Å². The number of ether oxygens (including phenoxy) is 1. The zero-order valence-electron chi connectivity index (χ0n) is 18.3. The Bertz CT molecular complexity index is 750. The predicted molar refractivity (Wildman–Crippen MR) is 118 cm³/mol. The van der Waals surface area contributed by atoms with Crippen LogP contribution in [0.1, 0.15) is 69.9 Å². The topological polar surface area (TPSA) is 46.6 Å². The Morgan fingerprint density at radius 2 is 2.10 bits per heavy atom. The maximum absolute atomic E-state index is 14.7. The van der Waals surface area contributed by atoms with Crippen molar-refractivity contribution in [3.8, 4) is 0 Å². The van der Waals surface area contributed by atoms with Gasteiger partial charge in [0.15, 0.2) is 0 Å². The van der Waals surface area contributed by atoms with Crippen molar-refractivity contribution in [2.24, 2.45) is 11.8 Å². The molecule has 0 aromatic heterocycles. The Morgan fingerprint density at radius 1 is 1.30 bits per heavy atom. The van der Waals surface area contributed by atoms with Gasteiger partial charge in [0.1, 0.15) is 5.82 Å². The van der Waals surface area contributed by atoms with E-state index in [9.17, 15) is 14.0 Å². The van der Waals surface area contributed by atoms with Gasteiger partial charge in [-0.15, -0.1) is 11.8 Å². The Labute approximate surface area is 183 Å². The molecule has 1 aromatic carbocycles. The fourth-order valence-corrected chi connectivity index (χ4v) is 4.80. The van der Waals surface area contributed by atoms with Crippen LogP contribution in [0.2, 0.25) is 0 Å². The SMILES string of the molecule is CCCCC(CC)COC(=O)CCSc1cc(F)c2c(c1)CCN(C(=O)C1CC1)C2. The normalized spacial score (nSPS) is 16.8. The van der Waals surface area contributed by atoms with Gasteiger partial charge in [0.2, 0.25) is 5.91 Å². The Morgan fingerprint density at radius 3 is 2.80 bits per heavy atom. The molecule has 1 fully saturated rings. The molecule has 3 rings (SSSR count). The largest absolute Gasteiger partial charge is 0.465 e. The zero-order valence-corrected chi connectivity index (χ0v) is 19.1. The number of nitrogens with zero attached hydrogens (tertiary/aromatic N) is 1. The highest BCUT2D eigenvalue weighted by Gasteiger charge is 2.35. The third kappa shape index (κ3) is 6.47. The summed E-state index contributed by atoms with van der Waals surface area (Å²) >= 11 is 1.49. The highest BCUT2D eigenvalue weighted by Crippen LogP contribution is 2.34. The number of benzene rings is 1. The minimum Gasteiger partial charge on any atom is -0.465 e. The van der Waals surface area contributed by atoms with Crippen molar-refractivity contribution in [1.82, 2.24) is 4.90 Å². The second kappa shape index (κ2) is 11.2. The van der Waals surface area contributed by atoms with Gasteiger partial charge in [-0.1, -0.05) is 33.1 Å². The van der Waals surface area contributed by atoms with Crippen molar-refractivity contribution in [3.05, 3.63) is 29.1 Å². The molecular formula is C24H34FNO3S. The summed E-state index contributed by atoms with van der Waals surface area (Å²) in [7, 11) is 0. The highest BCUT2D eigenvalue weighted by molar-refractivity contribution is 7.99. The molecule has 0 spiro atoms. The van der Waals surface area contributed by atoms with Crippen LogP contribution >= 0.6 is 11.8 Å². The summed E-state index contributed by atoms with van der Waals surface area (Å²) in [5.41, 5.74) is 1.64. The number of amides is 1. The number of carbonyl (C=O) groups is 2. The fourth-order valence-electron chi connectivity index (χ4n) is 3.88. The summed E-state index contributed by atoms with van der Waals surface area (Å²) in [5.74, 6) is 0.954. The average Bonchev–Trinajstić information content (AvgIpc) is 3.58. The summed E-state index contributed by atoms with van der Waals surface area (Å²) in [4.78, 5) is 27.0. The van der Waals surface area contributed by atoms with Crippen LogP contribution in [-0.4, -0.2) is 35.7 Å². The molecule has 1 heterocycles. The average molecular weight is 436 g/mol. The molecule has 1 saturated carbocycles. The fraction of sp³-hybridized carbons (Fsp3) is 0.667. The van der Waals surface area contributed by atoms with Gasteiger partial charge in [0.25, 0.3) is 0 Å². The van der Waals surface area contributed by atoms with E-state index in [0.29, 0.717) is 49.8 Å². The molecule has 1 atom stereocenters. The molecular weight excluding hydrogens is 401 g/mol. The van der Waals surface area contributed by atoms with Crippen LogP contribution in [0.15, 0.2) is 17.0 Å². The number of carbonyl (C=O) groups excluding carboxylic acids is 2. The molecule has 2 aliphatic rings. The quantitative estimate of drug-likeness (QED) is 0.347. The standard InChI is InChI=1S/C24H34FNO3S/c1-3-5-6-17(4-2)16-29-23(27)10-12-30-20-13-19-9-11-26(24(28)18-7-8-18)15-21(19)22(25)14-20/h13-14,17-18H,3-12,15-16H2,1-2H3. The molecule has 30 heavy (non-hydrogen) atoms. The third-order valence-corrected chi connectivity index (χ3v) is 7.08. The van der Waals surface area contributed by atoms with E-state index in [2.05, 4.69) is 13.8 Å². The predicted octanol–water partition coefficient (Wildman–Crippen LogP) is 5.36. The van der Waals surface area contributed by atoms with Crippen molar-refractivity contribution < 1.29 is 18.7 Å². The van der Waals surface area contributed by atoms with Crippen LogP contribution in [0.5, 0.6) is 0 Å². The first kappa shape index (κ1) is 23.1. The van der Waals surface area contributed by atoms with Gasteiger partial charge in [-0.25, -0.2) is 4.39 Å². The van der Waals surface area contributed by atoms with Gasteiger partial charge < -0.3 is 9.64 Å². The van der Waals surface area contributed by atoms with E-state index >= 15 is 0 Å². The molecule has 0 bridgehead atoms. The minimum absolute atomic E-state index is 0.170. The number of unbranched alkanes of at least 4 members (excludes halogenated alkanes) is 1. The molecule has 4 nitrogen and oxygen atoms in total. The van der Waals surface area contributed by atoms with Crippen molar-refractivity contribution in [3.63, 3.8) is 0 Å². The van der Waals surface area contributed by atoms with E-state index < -0.39 is 0 Å². The number of fused-ring (bicyclic) bond motifs is 1. The maximum atomic E-state index is 14.7. The van der Waals surface area contributed by atoms with Crippen molar-refractivity contribution >= 4 is 23.6 Å². The van der Waals surface area contributed by atoms with Crippen LogP contribution in [0, 0.1) is 17.7 Å². The molecule has 0 radical (unpaired) electrons. The van der Waals surface area contributed by atoms with E-state index in [1.54, 1.807) is 4.90 Å². The second-order valence-electron chi connectivity index (χ2n) is 8.52. The summed E-state index contributed by atoms with van der Waals surface area (Å²) in [6, 6.07) is 3.56. The zero-order chi connectivity index (χ0) is 21.5. The number of thioether (sulfide) groups is 1. The van der Waals surface area contributed by atoms with E-state index in [1.165, 1.54) is 24.2 Å². The Hall–Kier alpha value is -1.56. The lowest BCUT2D eigenvalue weighted by Crippen LogP contribution is -2.37. The molecule has 1 amide bonds. The smallest absolute Gasteiger partial charge is 0.306 e. The van der Waals surface area contributed by atoms with Gasteiger partial charge >= 0.3 is 5.97 Å². The van der Waals surface area contributed by atoms with Gasteiger partial charge in [0.05, 0.1) is 13.0 Å². The number of hydrogen-bond donors (Lipinski definition) is 0. The molecule has 1 aliphatic heterocycles. The first-order chi connectivity index (χ1) is 14.5. The molecule has 1 unspecified atom stereocenters. The lowest BCUT2D eigenvalue weighted by molar-refractivity contribution is -0.144. The van der Waals surface area contributed by atoms with E-state index in [4.69, 9.17) is 4.74 Å². The third-order valence-electron chi connectivity index (χ3n) is 6.10. The van der Waals surface area contributed by atoms with Gasteiger partial charge in [0, 0.05) is 35.2 Å². The van der Waals surface area contributed by atoms with Gasteiger partial charge in [-0.05, 0) is 49.3 Å². The summed E-state index contributed by atoms with van der Waals surface area (Å²) in [5, 5.41) is 0. The first-order valence-corrected chi connectivity index (χ1v) is 12.4. The molecule has 6 heteroatoms. The van der Waals surface area contributed by atoms with E-state index in [1.807, 2.05) is 6.07 Å². The van der Waals surface area contributed by atoms with E-state index in [0.717, 1.165) is 42.6 Å². The molecule has 1 aliphatic carbocycles. The van der Waals surface area contributed by atoms with Crippen LogP contribution in [0.4, 0.5) is 4.39 Å². The lowest BCUT2D eigenvalue weighted by atomic mass is 9.99. The summed E-state index contributed by atoms with van der Waals surface area (Å²) in [6.45, 7) is 5.85. The summed E-state index contributed by atoms with van der Waals surface area (Å²) in [6.07, 6.45) is 7.43. The molecule has 166 valence electrons.